The van der Waals surface area contributed by atoms with Crippen LogP contribution in [0.15, 0.2) is 140 Å². The fourth-order valence-electron chi connectivity index (χ4n) is 7.76. The van der Waals surface area contributed by atoms with Gasteiger partial charge in [0.2, 0.25) is 0 Å². The van der Waals surface area contributed by atoms with Crippen molar-refractivity contribution >= 4 is 38.8 Å². The number of para-hydroxylation sites is 3. The standard InChI is InChI=1S/C45H27N5/c46-26-29-19-24-44-39(25-29)37-12-3-4-16-41(37)49(44)32-22-20-30(21-23-32)33-13-8-14-34(40(33)28-48)35-10-1-5-17-42(35)50-43-18-6-2-11-36(43)38-15-7-9-31(27-47)45(38)50/h1-8,10-25,31H,9H2. The molecule has 50 heavy (non-hydrogen) atoms. The number of nitrogens with zero attached hydrogens (tertiary/aromatic N) is 5. The van der Waals surface area contributed by atoms with E-state index in [0.717, 1.165) is 77.6 Å². The quantitative estimate of drug-likeness (QED) is 0.193. The zero-order chi connectivity index (χ0) is 33.8. The van der Waals surface area contributed by atoms with E-state index in [2.05, 4.69) is 100 Å². The number of benzene rings is 6. The molecule has 0 saturated heterocycles. The van der Waals surface area contributed by atoms with Crippen LogP contribution in [0, 0.1) is 34.0 Å². The lowest BCUT2D eigenvalue weighted by Gasteiger charge is -2.21. The number of allylic oxidation sites excluding steroid dienone is 1. The molecule has 0 amide bonds. The van der Waals surface area contributed by atoms with E-state index in [1.54, 1.807) is 0 Å². The Morgan fingerprint density at radius 2 is 1.24 bits per heavy atom. The van der Waals surface area contributed by atoms with Gasteiger partial charge in [-0.3, -0.25) is 0 Å². The molecule has 9 rings (SSSR count). The summed E-state index contributed by atoms with van der Waals surface area (Å²) in [5.74, 6) is -0.279. The van der Waals surface area contributed by atoms with Crippen molar-refractivity contribution in [2.24, 2.45) is 0 Å². The molecule has 1 aliphatic carbocycles. The maximum absolute atomic E-state index is 10.7. The molecule has 1 aliphatic rings. The third-order valence-corrected chi connectivity index (χ3v) is 9.94. The Morgan fingerprint density at radius 3 is 2.02 bits per heavy atom. The van der Waals surface area contributed by atoms with Gasteiger partial charge in [-0.2, -0.15) is 15.8 Å². The number of nitriles is 3. The first-order valence-corrected chi connectivity index (χ1v) is 16.6. The smallest absolute Gasteiger partial charge is 0.100 e. The molecule has 0 fully saturated rings. The lowest BCUT2D eigenvalue weighted by Crippen LogP contribution is -2.09. The van der Waals surface area contributed by atoms with Crippen molar-refractivity contribution in [3.8, 4) is 51.8 Å². The molecule has 0 radical (unpaired) electrons. The molecular weight excluding hydrogens is 611 g/mol. The second-order valence-corrected chi connectivity index (χ2v) is 12.6. The molecule has 2 heterocycles. The van der Waals surface area contributed by atoms with Crippen LogP contribution in [0.3, 0.4) is 0 Å². The van der Waals surface area contributed by atoms with E-state index in [-0.39, 0.29) is 5.92 Å². The highest BCUT2D eigenvalue weighted by Crippen LogP contribution is 2.43. The molecule has 8 aromatic rings. The van der Waals surface area contributed by atoms with Crippen molar-refractivity contribution in [3.05, 3.63) is 162 Å². The Morgan fingerprint density at radius 1 is 0.560 bits per heavy atom. The summed E-state index contributed by atoms with van der Waals surface area (Å²) in [6.07, 6.45) is 4.89. The number of aromatic nitrogens is 2. The molecule has 0 aliphatic heterocycles. The Bertz CT molecular complexity index is 2830. The first-order chi connectivity index (χ1) is 24.7. The summed E-state index contributed by atoms with van der Waals surface area (Å²) >= 11 is 0. The normalized spacial score (nSPS) is 13.6. The fraction of sp³-hybridized carbons (Fsp3) is 0.0444. The van der Waals surface area contributed by atoms with Crippen molar-refractivity contribution in [2.45, 2.75) is 12.3 Å². The number of fused-ring (bicyclic) bond motifs is 6. The molecule has 0 spiro atoms. The predicted octanol–water partition coefficient (Wildman–Crippen LogP) is 10.8. The van der Waals surface area contributed by atoms with Crippen LogP contribution in [-0.4, -0.2) is 9.13 Å². The van der Waals surface area contributed by atoms with Crippen LogP contribution < -0.4 is 0 Å². The lowest BCUT2D eigenvalue weighted by molar-refractivity contribution is 0.801. The van der Waals surface area contributed by atoms with Crippen molar-refractivity contribution in [3.63, 3.8) is 0 Å². The van der Waals surface area contributed by atoms with Crippen LogP contribution in [0.5, 0.6) is 0 Å². The molecule has 2 aromatic heterocycles. The van der Waals surface area contributed by atoms with Crippen molar-refractivity contribution in [1.29, 1.82) is 15.8 Å². The highest BCUT2D eigenvalue weighted by molar-refractivity contribution is 6.09. The molecule has 0 bridgehead atoms. The summed E-state index contributed by atoms with van der Waals surface area (Å²) in [4.78, 5) is 0. The molecule has 6 aromatic carbocycles. The predicted molar refractivity (Wildman–Crippen MR) is 200 cm³/mol. The third-order valence-electron chi connectivity index (χ3n) is 9.94. The van der Waals surface area contributed by atoms with Gasteiger partial charge in [0.25, 0.3) is 0 Å². The molecule has 5 nitrogen and oxygen atoms in total. The average molecular weight is 638 g/mol. The van der Waals surface area contributed by atoms with Gasteiger partial charge < -0.3 is 9.13 Å². The van der Waals surface area contributed by atoms with Gasteiger partial charge in [0.1, 0.15) is 6.07 Å². The van der Waals surface area contributed by atoms with Crippen LogP contribution >= 0.6 is 0 Å². The lowest BCUT2D eigenvalue weighted by atomic mass is 9.90. The Hall–Kier alpha value is -7.13. The molecule has 0 N–H and O–H groups in total. The van der Waals surface area contributed by atoms with Gasteiger partial charge in [0.05, 0.1) is 51.4 Å². The van der Waals surface area contributed by atoms with Gasteiger partial charge in [0, 0.05) is 49.8 Å². The summed E-state index contributed by atoms with van der Waals surface area (Å²) in [6, 6.07) is 52.3. The van der Waals surface area contributed by atoms with E-state index >= 15 is 0 Å². The van der Waals surface area contributed by atoms with Gasteiger partial charge in [-0.05, 0) is 60.5 Å². The summed E-state index contributed by atoms with van der Waals surface area (Å²) in [6.45, 7) is 0. The Balaban J connectivity index is 1.19. The van der Waals surface area contributed by atoms with Gasteiger partial charge >= 0.3 is 0 Å². The zero-order valence-corrected chi connectivity index (χ0v) is 26.9. The first-order valence-electron chi connectivity index (χ1n) is 16.6. The van der Waals surface area contributed by atoms with E-state index < -0.39 is 0 Å². The maximum atomic E-state index is 10.7. The van der Waals surface area contributed by atoms with Crippen molar-refractivity contribution in [2.75, 3.05) is 0 Å². The fourth-order valence-corrected chi connectivity index (χ4v) is 7.76. The summed E-state index contributed by atoms with van der Waals surface area (Å²) in [7, 11) is 0. The van der Waals surface area contributed by atoms with Crippen LogP contribution in [0.25, 0.3) is 72.4 Å². The Labute approximate surface area is 289 Å². The molecule has 5 heteroatoms. The zero-order valence-electron chi connectivity index (χ0n) is 26.9. The minimum absolute atomic E-state index is 0.279. The topological polar surface area (TPSA) is 81.2 Å². The van der Waals surface area contributed by atoms with E-state index in [4.69, 9.17) is 0 Å². The summed E-state index contributed by atoms with van der Waals surface area (Å²) < 4.78 is 4.45. The van der Waals surface area contributed by atoms with Crippen LogP contribution in [0.4, 0.5) is 0 Å². The number of hydrogen-bond acceptors (Lipinski definition) is 3. The molecule has 0 saturated carbocycles. The second kappa shape index (κ2) is 11.5. The molecule has 1 unspecified atom stereocenters. The SMILES string of the molecule is N#Cc1ccc2c(c1)c1ccccc1n2-c1ccc(-c2cccc(-c3ccccc3-n3c4c(c5ccccc53)C=CCC4C#N)c2C#N)cc1. The van der Waals surface area contributed by atoms with E-state index in [9.17, 15) is 15.8 Å². The van der Waals surface area contributed by atoms with Gasteiger partial charge in [0.15, 0.2) is 0 Å². The van der Waals surface area contributed by atoms with Crippen molar-refractivity contribution in [1.82, 2.24) is 9.13 Å². The number of hydrogen-bond donors (Lipinski definition) is 0. The van der Waals surface area contributed by atoms with Crippen LogP contribution in [0.2, 0.25) is 0 Å². The highest BCUT2D eigenvalue weighted by atomic mass is 15.0. The third kappa shape index (κ3) is 4.30. The van der Waals surface area contributed by atoms with Gasteiger partial charge in [-0.15, -0.1) is 0 Å². The van der Waals surface area contributed by atoms with E-state index in [0.29, 0.717) is 17.5 Å². The molecule has 1 atom stereocenters. The average Bonchev–Trinajstić information content (AvgIpc) is 3.70. The summed E-state index contributed by atoms with van der Waals surface area (Å²) in [5, 5.41) is 33.7. The minimum Gasteiger partial charge on any atom is -0.311 e. The molecular formula is C45H27N5. The van der Waals surface area contributed by atoms with E-state index in [1.807, 2.05) is 72.8 Å². The Kier molecular flexibility index (Phi) is 6.70. The highest BCUT2D eigenvalue weighted by Gasteiger charge is 2.27. The number of rotatable bonds is 4. The largest absolute Gasteiger partial charge is 0.311 e. The second-order valence-electron chi connectivity index (χ2n) is 12.6. The van der Waals surface area contributed by atoms with Crippen molar-refractivity contribution < 1.29 is 0 Å². The summed E-state index contributed by atoms with van der Waals surface area (Å²) in [5.41, 5.74) is 11.9. The van der Waals surface area contributed by atoms with Crippen LogP contribution in [-0.2, 0) is 0 Å². The molecule has 232 valence electrons. The maximum Gasteiger partial charge on any atom is 0.100 e. The monoisotopic (exact) mass is 637 g/mol. The van der Waals surface area contributed by atoms with E-state index in [1.165, 1.54) is 0 Å². The first kappa shape index (κ1) is 29.0. The van der Waals surface area contributed by atoms with Gasteiger partial charge in [-0.25, -0.2) is 0 Å². The van der Waals surface area contributed by atoms with Gasteiger partial charge in [-0.1, -0.05) is 97.1 Å². The minimum atomic E-state index is -0.279. The van der Waals surface area contributed by atoms with Crippen LogP contribution in [0.1, 0.15) is 34.7 Å².